The van der Waals surface area contributed by atoms with Crippen molar-refractivity contribution in [2.24, 2.45) is 0 Å². The van der Waals surface area contributed by atoms with Crippen LogP contribution in [0.3, 0.4) is 0 Å². The maximum atomic E-state index is 6.06. The van der Waals surface area contributed by atoms with E-state index in [1.54, 1.807) is 11.3 Å². The second-order valence-electron chi connectivity index (χ2n) is 7.33. The molecule has 0 radical (unpaired) electrons. The minimum absolute atomic E-state index is 0.271. The summed E-state index contributed by atoms with van der Waals surface area (Å²) in [6.45, 7) is 15.1. The van der Waals surface area contributed by atoms with Crippen molar-refractivity contribution in [1.29, 1.82) is 0 Å². The Hall–Kier alpha value is -0.538. The van der Waals surface area contributed by atoms with Gasteiger partial charge >= 0.3 is 7.12 Å². The van der Waals surface area contributed by atoms with Crippen LogP contribution in [-0.4, -0.2) is 26.4 Å². The minimum atomic E-state index is -1.33. The summed E-state index contributed by atoms with van der Waals surface area (Å²) in [5.41, 5.74) is 3.89. The van der Waals surface area contributed by atoms with Crippen molar-refractivity contribution in [3.05, 3.63) is 17.0 Å². The quantitative estimate of drug-likeness (QED) is 0.585. The van der Waals surface area contributed by atoms with Crippen LogP contribution in [0, 0.1) is 11.5 Å². The van der Waals surface area contributed by atoms with Crippen LogP contribution < -0.4 is 4.78 Å². The van der Waals surface area contributed by atoms with E-state index in [-0.39, 0.29) is 18.3 Å². The summed E-state index contributed by atoms with van der Waals surface area (Å²) in [7, 11) is -1.60. The first-order valence-corrected chi connectivity index (χ1v) is 11.4. The molecule has 0 bridgehead atoms. The van der Waals surface area contributed by atoms with Crippen molar-refractivity contribution in [2.75, 3.05) is 0 Å². The van der Waals surface area contributed by atoms with Crippen molar-refractivity contribution in [3.8, 4) is 11.5 Å². The average Bonchev–Trinajstić information content (AvgIpc) is 2.79. The molecule has 5 heteroatoms. The van der Waals surface area contributed by atoms with Crippen LogP contribution in [0.15, 0.2) is 11.4 Å². The van der Waals surface area contributed by atoms with E-state index in [4.69, 9.17) is 9.31 Å². The molecule has 1 aliphatic heterocycles. The number of hydrogen-bond acceptors (Lipinski definition) is 3. The molecule has 108 valence electrons. The zero-order chi connectivity index (χ0) is 15.2. The van der Waals surface area contributed by atoms with Gasteiger partial charge in [0.25, 0.3) is 0 Å². The summed E-state index contributed by atoms with van der Waals surface area (Å²) in [6.07, 6.45) is 0. The molecule has 0 amide bonds. The highest BCUT2D eigenvalue weighted by Crippen LogP contribution is 2.36. The Bertz CT molecular complexity index is 544. The highest BCUT2D eigenvalue weighted by Gasteiger charge is 2.52. The smallest absolute Gasteiger partial charge is 0.399 e. The van der Waals surface area contributed by atoms with Gasteiger partial charge in [-0.25, -0.2) is 0 Å². The fraction of sp³-hybridized carbons (Fsp3) is 0.600. The summed E-state index contributed by atoms with van der Waals surface area (Å²) in [5.74, 6) is 3.28. The molecule has 1 aromatic heterocycles. The van der Waals surface area contributed by atoms with Gasteiger partial charge in [0.15, 0.2) is 0 Å². The standard InChI is InChI=1S/C15H23BO2SSi/c1-14(2)15(3,4)18-16(17-14)13-10-12(11-19-13)8-9-20(5,6)7/h10-11H,1-7H3. The van der Waals surface area contributed by atoms with E-state index in [1.165, 1.54) is 0 Å². The van der Waals surface area contributed by atoms with Gasteiger partial charge in [0.1, 0.15) is 8.07 Å². The van der Waals surface area contributed by atoms with Crippen molar-refractivity contribution in [2.45, 2.75) is 58.5 Å². The number of rotatable bonds is 1. The monoisotopic (exact) mass is 306 g/mol. The molecule has 2 heterocycles. The molecule has 20 heavy (non-hydrogen) atoms. The molecule has 0 spiro atoms. The fourth-order valence-electron chi connectivity index (χ4n) is 1.76. The lowest BCUT2D eigenvalue weighted by molar-refractivity contribution is 0.00578. The van der Waals surface area contributed by atoms with E-state index in [9.17, 15) is 0 Å². The predicted octanol–water partition coefficient (Wildman–Crippen LogP) is 3.28. The van der Waals surface area contributed by atoms with Gasteiger partial charge in [-0.05, 0) is 33.8 Å². The van der Waals surface area contributed by atoms with E-state index >= 15 is 0 Å². The van der Waals surface area contributed by atoms with Gasteiger partial charge in [-0.1, -0.05) is 25.6 Å². The lowest BCUT2D eigenvalue weighted by atomic mass is 9.87. The summed E-state index contributed by atoms with van der Waals surface area (Å²) in [6, 6.07) is 2.10. The molecule has 0 aromatic carbocycles. The molecule has 0 aliphatic carbocycles. The van der Waals surface area contributed by atoms with E-state index < -0.39 is 8.07 Å². The molecular weight excluding hydrogens is 283 g/mol. The first kappa shape index (κ1) is 15.8. The van der Waals surface area contributed by atoms with Gasteiger partial charge < -0.3 is 9.31 Å². The zero-order valence-corrected chi connectivity index (χ0v) is 15.3. The summed E-state index contributed by atoms with van der Waals surface area (Å²) < 4.78 is 13.2. The minimum Gasteiger partial charge on any atom is -0.399 e. The predicted molar refractivity (Wildman–Crippen MR) is 90.3 cm³/mol. The molecule has 1 saturated heterocycles. The Morgan fingerprint density at radius 2 is 1.65 bits per heavy atom. The number of hydrogen-bond donors (Lipinski definition) is 0. The SMILES string of the molecule is CC1(C)OB(c2cc(C#C[Si](C)(C)C)cs2)OC1(C)C. The van der Waals surface area contributed by atoms with Gasteiger partial charge in [-0.2, -0.15) is 11.3 Å². The Kier molecular flexibility index (Phi) is 3.98. The third-order valence-electron chi connectivity index (χ3n) is 3.69. The van der Waals surface area contributed by atoms with Crippen LogP contribution in [0.25, 0.3) is 0 Å². The first-order valence-electron chi connectivity index (χ1n) is 6.97. The topological polar surface area (TPSA) is 18.5 Å². The van der Waals surface area contributed by atoms with Gasteiger partial charge in [0, 0.05) is 15.7 Å². The van der Waals surface area contributed by atoms with Crippen LogP contribution in [-0.2, 0) is 9.31 Å². The van der Waals surface area contributed by atoms with Crippen molar-refractivity contribution < 1.29 is 9.31 Å². The van der Waals surface area contributed by atoms with E-state index in [0.29, 0.717) is 0 Å². The average molecular weight is 306 g/mol. The largest absolute Gasteiger partial charge is 0.505 e. The number of thiophene rings is 1. The second kappa shape index (κ2) is 5.03. The fourth-order valence-corrected chi connectivity index (χ4v) is 3.07. The lowest BCUT2D eigenvalue weighted by Crippen LogP contribution is -2.41. The molecule has 1 aromatic rings. The molecule has 2 nitrogen and oxygen atoms in total. The van der Waals surface area contributed by atoms with Gasteiger partial charge in [-0.3, -0.25) is 0 Å². The molecule has 0 unspecified atom stereocenters. The molecule has 1 fully saturated rings. The second-order valence-corrected chi connectivity index (χ2v) is 13.0. The molecule has 0 saturated carbocycles. The molecular formula is C15H23BO2SSi. The zero-order valence-electron chi connectivity index (χ0n) is 13.5. The van der Waals surface area contributed by atoms with Gasteiger partial charge in [0.05, 0.1) is 11.2 Å². The van der Waals surface area contributed by atoms with E-state index in [0.717, 1.165) is 10.3 Å². The first-order chi connectivity index (χ1) is 9.00. The van der Waals surface area contributed by atoms with Crippen LogP contribution in [0.1, 0.15) is 33.3 Å². The third-order valence-corrected chi connectivity index (χ3v) is 5.52. The Balaban J connectivity index is 2.17. The van der Waals surface area contributed by atoms with Gasteiger partial charge in [0.2, 0.25) is 0 Å². The van der Waals surface area contributed by atoms with Gasteiger partial charge in [-0.15, -0.1) is 5.54 Å². The van der Waals surface area contributed by atoms with E-state index in [1.807, 2.05) is 0 Å². The van der Waals surface area contributed by atoms with Crippen molar-refractivity contribution in [1.82, 2.24) is 0 Å². The summed E-state index contributed by atoms with van der Waals surface area (Å²) >= 11 is 1.66. The maximum Gasteiger partial charge on any atom is 0.505 e. The Morgan fingerprint density at radius 3 is 2.15 bits per heavy atom. The summed E-state index contributed by atoms with van der Waals surface area (Å²) in [4.78, 5) is 0. The molecule has 1 aliphatic rings. The van der Waals surface area contributed by atoms with Crippen LogP contribution in [0.5, 0.6) is 0 Å². The van der Waals surface area contributed by atoms with Crippen LogP contribution >= 0.6 is 11.3 Å². The lowest BCUT2D eigenvalue weighted by Gasteiger charge is -2.32. The molecule has 0 atom stereocenters. The summed E-state index contributed by atoms with van der Waals surface area (Å²) in [5, 5.41) is 2.09. The normalized spacial score (nSPS) is 20.6. The molecule has 0 N–H and O–H groups in total. The Labute approximate surface area is 128 Å². The Morgan fingerprint density at radius 1 is 1.10 bits per heavy atom. The van der Waals surface area contributed by atoms with Crippen molar-refractivity contribution >= 4 is 31.3 Å². The van der Waals surface area contributed by atoms with Crippen LogP contribution in [0.4, 0.5) is 0 Å². The third kappa shape index (κ3) is 3.37. The highest BCUT2D eigenvalue weighted by atomic mass is 32.1. The maximum absolute atomic E-state index is 6.06. The molecule has 2 rings (SSSR count). The van der Waals surface area contributed by atoms with Crippen molar-refractivity contribution in [3.63, 3.8) is 0 Å². The van der Waals surface area contributed by atoms with E-state index in [2.05, 4.69) is 70.2 Å². The highest BCUT2D eigenvalue weighted by molar-refractivity contribution is 7.21. The van der Waals surface area contributed by atoms with Crippen LogP contribution in [0.2, 0.25) is 19.6 Å².